The lowest BCUT2D eigenvalue weighted by atomic mass is 10.1. The number of rotatable bonds is 3. The number of urea groups is 1. The summed E-state index contributed by atoms with van der Waals surface area (Å²) in [6.45, 7) is 0.792. The molecule has 1 aromatic rings. The number of amides is 4. The second-order valence-corrected chi connectivity index (χ2v) is 6.45. The predicted octanol–water partition coefficient (Wildman–Crippen LogP) is 0.843. The van der Waals surface area contributed by atoms with Crippen molar-refractivity contribution in [2.45, 2.75) is 31.0 Å². The highest BCUT2D eigenvalue weighted by Crippen LogP contribution is 2.33. The lowest BCUT2D eigenvalue weighted by Crippen LogP contribution is -2.44. The van der Waals surface area contributed by atoms with E-state index in [0.717, 1.165) is 5.69 Å². The minimum Gasteiger partial charge on any atom is -0.380 e. The van der Waals surface area contributed by atoms with Gasteiger partial charge in [0.25, 0.3) is 5.91 Å². The monoisotopic (exact) mass is 329 g/mol. The standard InChI is InChI=1S/C17H19N3O4/c1-24-13-8-14-16(22)20(17(23)19(14)10-13)12-7-15(21)18(9-12)11-5-3-2-4-6-11/h2-6,12-14H,7-10H2,1H3/t12-,13+,14+/m0/s1. The first-order chi connectivity index (χ1) is 11.6. The molecule has 0 spiro atoms. The number of benzene rings is 1. The molecule has 3 aliphatic rings. The number of nitrogens with zero attached hydrogens (tertiary/aromatic N) is 3. The second-order valence-electron chi connectivity index (χ2n) is 6.45. The molecule has 126 valence electrons. The van der Waals surface area contributed by atoms with Crippen LogP contribution in [0.3, 0.4) is 0 Å². The van der Waals surface area contributed by atoms with E-state index in [1.165, 1.54) is 4.90 Å². The Morgan fingerprint density at radius 2 is 1.83 bits per heavy atom. The number of para-hydroxylation sites is 1. The molecule has 0 radical (unpaired) electrons. The summed E-state index contributed by atoms with van der Waals surface area (Å²) in [5.41, 5.74) is 0.795. The Hall–Kier alpha value is -2.41. The highest BCUT2D eigenvalue weighted by molar-refractivity contribution is 6.06. The zero-order valence-corrected chi connectivity index (χ0v) is 13.4. The number of imide groups is 1. The molecule has 4 rings (SSSR count). The van der Waals surface area contributed by atoms with Gasteiger partial charge in [-0.25, -0.2) is 4.79 Å². The van der Waals surface area contributed by atoms with Crippen molar-refractivity contribution in [2.75, 3.05) is 25.1 Å². The van der Waals surface area contributed by atoms with E-state index in [1.807, 2.05) is 30.3 Å². The first-order valence-corrected chi connectivity index (χ1v) is 8.12. The Morgan fingerprint density at radius 1 is 1.08 bits per heavy atom. The van der Waals surface area contributed by atoms with Gasteiger partial charge >= 0.3 is 6.03 Å². The molecule has 7 nitrogen and oxygen atoms in total. The van der Waals surface area contributed by atoms with E-state index in [0.29, 0.717) is 19.5 Å². The topological polar surface area (TPSA) is 70.2 Å². The van der Waals surface area contributed by atoms with E-state index in [1.54, 1.807) is 16.9 Å². The van der Waals surface area contributed by atoms with Crippen molar-refractivity contribution in [3.63, 3.8) is 0 Å². The minimum atomic E-state index is -0.441. The van der Waals surface area contributed by atoms with E-state index in [4.69, 9.17) is 4.74 Å². The summed E-state index contributed by atoms with van der Waals surface area (Å²) in [7, 11) is 1.59. The molecule has 24 heavy (non-hydrogen) atoms. The van der Waals surface area contributed by atoms with Gasteiger partial charge in [-0.05, 0) is 12.1 Å². The van der Waals surface area contributed by atoms with Crippen LogP contribution in [0.5, 0.6) is 0 Å². The third kappa shape index (κ3) is 2.19. The number of fused-ring (bicyclic) bond motifs is 1. The molecule has 0 aliphatic carbocycles. The fraction of sp³-hybridized carbons (Fsp3) is 0.471. The van der Waals surface area contributed by atoms with Crippen molar-refractivity contribution in [3.8, 4) is 0 Å². The number of hydrogen-bond acceptors (Lipinski definition) is 4. The Bertz CT molecular complexity index is 668. The second kappa shape index (κ2) is 5.59. The van der Waals surface area contributed by atoms with Crippen LogP contribution in [0.2, 0.25) is 0 Å². The van der Waals surface area contributed by atoms with Crippen molar-refractivity contribution >= 4 is 23.5 Å². The molecular formula is C17H19N3O4. The zero-order chi connectivity index (χ0) is 16.8. The van der Waals surface area contributed by atoms with Crippen LogP contribution < -0.4 is 4.90 Å². The van der Waals surface area contributed by atoms with Gasteiger partial charge in [-0.3, -0.25) is 14.5 Å². The van der Waals surface area contributed by atoms with Crippen LogP contribution in [0, 0.1) is 0 Å². The first kappa shape index (κ1) is 15.1. The van der Waals surface area contributed by atoms with Gasteiger partial charge in [0.05, 0.1) is 12.1 Å². The highest BCUT2D eigenvalue weighted by Gasteiger charge is 2.54. The molecule has 7 heteroatoms. The number of anilines is 1. The maximum atomic E-state index is 12.7. The third-order valence-electron chi connectivity index (χ3n) is 5.11. The number of methoxy groups -OCH3 is 1. The summed E-state index contributed by atoms with van der Waals surface area (Å²) >= 11 is 0. The van der Waals surface area contributed by atoms with Crippen molar-refractivity contribution in [3.05, 3.63) is 30.3 Å². The SMILES string of the molecule is CO[C@@H]1C[C@@H]2C(=O)N([C@H]3CC(=O)N(c4ccccc4)C3)C(=O)N2C1. The number of hydrogen-bond donors (Lipinski definition) is 0. The van der Waals surface area contributed by atoms with Crippen molar-refractivity contribution in [2.24, 2.45) is 0 Å². The van der Waals surface area contributed by atoms with E-state index in [2.05, 4.69) is 0 Å². The highest BCUT2D eigenvalue weighted by atomic mass is 16.5. The molecule has 3 fully saturated rings. The average Bonchev–Trinajstić information content (AvgIpc) is 3.24. The Morgan fingerprint density at radius 3 is 2.50 bits per heavy atom. The van der Waals surface area contributed by atoms with Crippen molar-refractivity contribution in [1.29, 1.82) is 0 Å². The summed E-state index contributed by atoms with van der Waals surface area (Å²) in [5, 5.41) is 0. The molecule has 0 N–H and O–H groups in total. The quantitative estimate of drug-likeness (QED) is 0.771. The van der Waals surface area contributed by atoms with Gasteiger partial charge in [0.1, 0.15) is 6.04 Å². The maximum Gasteiger partial charge on any atom is 0.327 e. The van der Waals surface area contributed by atoms with Gasteiger partial charge in [-0.2, -0.15) is 0 Å². The lowest BCUT2D eigenvalue weighted by Gasteiger charge is -2.23. The molecule has 1 aromatic carbocycles. The summed E-state index contributed by atoms with van der Waals surface area (Å²) in [6, 6.07) is 8.19. The van der Waals surface area contributed by atoms with Crippen LogP contribution in [0.1, 0.15) is 12.8 Å². The summed E-state index contributed by atoms with van der Waals surface area (Å²) < 4.78 is 5.27. The number of carbonyl (C=O) groups is 3. The zero-order valence-electron chi connectivity index (χ0n) is 13.4. The Kier molecular flexibility index (Phi) is 3.53. The summed E-state index contributed by atoms with van der Waals surface area (Å²) in [5.74, 6) is -0.263. The van der Waals surface area contributed by atoms with E-state index >= 15 is 0 Å². The van der Waals surface area contributed by atoms with E-state index < -0.39 is 12.1 Å². The Labute approximate surface area is 139 Å². The first-order valence-electron chi connectivity index (χ1n) is 8.12. The van der Waals surface area contributed by atoms with Crippen LogP contribution in [0.15, 0.2) is 30.3 Å². The van der Waals surface area contributed by atoms with E-state index in [-0.39, 0.29) is 30.4 Å². The molecule has 0 saturated carbocycles. The fourth-order valence-corrected chi connectivity index (χ4v) is 3.86. The summed E-state index contributed by atoms with van der Waals surface area (Å²) in [6.07, 6.45) is 0.623. The molecule has 3 heterocycles. The maximum absolute atomic E-state index is 12.7. The van der Waals surface area contributed by atoms with Gasteiger partial charge in [-0.1, -0.05) is 18.2 Å². The predicted molar refractivity (Wildman–Crippen MR) is 85.4 cm³/mol. The molecule has 3 aliphatic heterocycles. The van der Waals surface area contributed by atoms with Crippen LogP contribution >= 0.6 is 0 Å². The number of carbonyl (C=O) groups excluding carboxylic acids is 3. The smallest absolute Gasteiger partial charge is 0.327 e. The van der Waals surface area contributed by atoms with Gasteiger partial charge < -0.3 is 14.5 Å². The normalized spacial score (nSPS) is 29.8. The molecule has 3 atom stereocenters. The van der Waals surface area contributed by atoms with Crippen LogP contribution in [0.4, 0.5) is 10.5 Å². The molecule has 0 unspecified atom stereocenters. The fourth-order valence-electron chi connectivity index (χ4n) is 3.86. The lowest BCUT2D eigenvalue weighted by molar-refractivity contribution is -0.129. The van der Waals surface area contributed by atoms with Crippen LogP contribution in [-0.4, -0.2) is 66.0 Å². The van der Waals surface area contributed by atoms with Gasteiger partial charge in [0, 0.05) is 38.7 Å². The van der Waals surface area contributed by atoms with Gasteiger partial charge in [-0.15, -0.1) is 0 Å². The largest absolute Gasteiger partial charge is 0.380 e. The van der Waals surface area contributed by atoms with Crippen LogP contribution in [-0.2, 0) is 14.3 Å². The van der Waals surface area contributed by atoms with Gasteiger partial charge in [0.2, 0.25) is 5.91 Å². The van der Waals surface area contributed by atoms with Gasteiger partial charge in [0.15, 0.2) is 0 Å². The minimum absolute atomic E-state index is 0.0615. The molecule has 0 aromatic heterocycles. The Balaban J connectivity index is 1.53. The van der Waals surface area contributed by atoms with Crippen molar-refractivity contribution < 1.29 is 19.1 Å². The van der Waals surface area contributed by atoms with Crippen LogP contribution in [0.25, 0.3) is 0 Å². The average molecular weight is 329 g/mol. The molecule has 4 amide bonds. The summed E-state index contributed by atoms with van der Waals surface area (Å²) in [4.78, 5) is 42.2. The number of ether oxygens (including phenoxy) is 1. The van der Waals surface area contributed by atoms with E-state index in [9.17, 15) is 14.4 Å². The molecule has 0 bridgehead atoms. The van der Waals surface area contributed by atoms with Crippen molar-refractivity contribution in [1.82, 2.24) is 9.80 Å². The molecule has 3 saturated heterocycles. The molecular weight excluding hydrogens is 310 g/mol. The third-order valence-corrected chi connectivity index (χ3v) is 5.11.